The van der Waals surface area contributed by atoms with Crippen LogP contribution in [0.25, 0.3) is 0 Å². The average molecular weight is 303 g/mol. The molecular weight excluding hydrogens is 280 g/mol. The normalized spacial score (nSPS) is 15.8. The second kappa shape index (κ2) is 8.56. The zero-order chi connectivity index (χ0) is 12.8. The maximum absolute atomic E-state index is 11.8. The lowest BCUT2D eigenvalue weighted by atomic mass is 9.94. The molecular formula is C14H23ClN2OS. The Morgan fingerprint density at radius 1 is 1.37 bits per heavy atom. The molecule has 2 heterocycles. The second-order valence-electron chi connectivity index (χ2n) is 4.90. The van der Waals surface area contributed by atoms with Gasteiger partial charge in [0.2, 0.25) is 5.91 Å². The van der Waals surface area contributed by atoms with E-state index in [1.807, 2.05) is 0 Å². The molecule has 1 fully saturated rings. The van der Waals surface area contributed by atoms with Crippen molar-refractivity contribution in [3.8, 4) is 0 Å². The number of carbonyl (C=O) groups excluding carboxylic acids is 1. The van der Waals surface area contributed by atoms with Crippen molar-refractivity contribution >= 4 is 29.7 Å². The molecule has 2 N–H and O–H groups in total. The topological polar surface area (TPSA) is 41.1 Å². The van der Waals surface area contributed by atoms with Gasteiger partial charge in [-0.05, 0) is 50.4 Å². The third-order valence-electron chi connectivity index (χ3n) is 3.46. The highest BCUT2D eigenvalue weighted by Crippen LogP contribution is 2.18. The van der Waals surface area contributed by atoms with Crippen molar-refractivity contribution in [2.45, 2.75) is 39.2 Å². The molecule has 3 nitrogen and oxygen atoms in total. The SMILES string of the molecule is CCc1ccc(CNC(=O)CC2CCNCC2)s1.Cl. The highest BCUT2D eigenvalue weighted by molar-refractivity contribution is 7.11. The third-order valence-corrected chi connectivity index (χ3v) is 4.69. The number of amides is 1. The predicted octanol–water partition coefficient (Wildman–Crippen LogP) is 2.74. The van der Waals surface area contributed by atoms with Crippen molar-refractivity contribution in [2.24, 2.45) is 5.92 Å². The minimum atomic E-state index is 0. The summed E-state index contributed by atoms with van der Waals surface area (Å²) in [6, 6.07) is 4.27. The molecule has 1 saturated heterocycles. The fourth-order valence-electron chi connectivity index (χ4n) is 2.31. The maximum Gasteiger partial charge on any atom is 0.220 e. The molecule has 0 saturated carbocycles. The number of carbonyl (C=O) groups is 1. The van der Waals surface area contributed by atoms with Gasteiger partial charge in [0.1, 0.15) is 0 Å². The molecule has 1 amide bonds. The molecule has 0 aliphatic carbocycles. The number of aryl methyl sites for hydroxylation is 1. The van der Waals surface area contributed by atoms with Crippen LogP contribution >= 0.6 is 23.7 Å². The molecule has 1 aliphatic heterocycles. The van der Waals surface area contributed by atoms with Crippen LogP contribution in [0.5, 0.6) is 0 Å². The summed E-state index contributed by atoms with van der Waals surface area (Å²) in [6.07, 6.45) is 4.03. The Bertz CT molecular complexity index is 389. The molecule has 1 aliphatic rings. The molecule has 0 atom stereocenters. The van der Waals surface area contributed by atoms with Gasteiger partial charge in [-0.15, -0.1) is 23.7 Å². The number of halogens is 1. The minimum Gasteiger partial charge on any atom is -0.351 e. The summed E-state index contributed by atoms with van der Waals surface area (Å²) in [5.74, 6) is 0.772. The maximum atomic E-state index is 11.8. The Balaban J connectivity index is 0.00000180. The van der Waals surface area contributed by atoms with E-state index in [2.05, 4.69) is 29.7 Å². The quantitative estimate of drug-likeness (QED) is 0.878. The zero-order valence-corrected chi connectivity index (χ0v) is 13.0. The molecule has 108 valence electrons. The van der Waals surface area contributed by atoms with Crippen LogP contribution < -0.4 is 10.6 Å². The highest BCUT2D eigenvalue weighted by Gasteiger charge is 2.16. The number of nitrogens with one attached hydrogen (secondary N) is 2. The van der Waals surface area contributed by atoms with Crippen molar-refractivity contribution in [1.82, 2.24) is 10.6 Å². The van der Waals surface area contributed by atoms with Gasteiger partial charge >= 0.3 is 0 Å². The first-order chi connectivity index (χ1) is 8.78. The fraction of sp³-hybridized carbons (Fsp3) is 0.643. The molecule has 1 aromatic rings. The Hall–Kier alpha value is -0.580. The smallest absolute Gasteiger partial charge is 0.220 e. The van der Waals surface area contributed by atoms with Crippen LogP contribution in [0.1, 0.15) is 35.9 Å². The van der Waals surface area contributed by atoms with Crippen molar-refractivity contribution in [3.63, 3.8) is 0 Å². The van der Waals surface area contributed by atoms with Gasteiger partial charge in [0.15, 0.2) is 0 Å². The van der Waals surface area contributed by atoms with E-state index in [0.717, 1.165) is 32.4 Å². The third kappa shape index (κ3) is 5.51. The molecule has 19 heavy (non-hydrogen) atoms. The van der Waals surface area contributed by atoms with Crippen LogP contribution in [-0.4, -0.2) is 19.0 Å². The molecule has 0 bridgehead atoms. The van der Waals surface area contributed by atoms with Gasteiger partial charge < -0.3 is 10.6 Å². The lowest BCUT2D eigenvalue weighted by Gasteiger charge is -2.21. The van der Waals surface area contributed by atoms with Gasteiger partial charge in [0, 0.05) is 16.2 Å². The zero-order valence-electron chi connectivity index (χ0n) is 11.4. The number of thiophene rings is 1. The highest BCUT2D eigenvalue weighted by atomic mass is 35.5. The van der Waals surface area contributed by atoms with Crippen molar-refractivity contribution in [2.75, 3.05) is 13.1 Å². The van der Waals surface area contributed by atoms with Crippen LogP contribution in [0.15, 0.2) is 12.1 Å². The molecule has 0 aromatic carbocycles. The average Bonchev–Trinajstić information content (AvgIpc) is 2.85. The first kappa shape index (κ1) is 16.5. The molecule has 0 spiro atoms. The van der Waals surface area contributed by atoms with E-state index in [-0.39, 0.29) is 18.3 Å². The van der Waals surface area contributed by atoms with Gasteiger partial charge in [0.05, 0.1) is 6.54 Å². The van der Waals surface area contributed by atoms with E-state index < -0.39 is 0 Å². The summed E-state index contributed by atoms with van der Waals surface area (Å²) < 4.78 is 0. The number of hydrogen-bond acceptors (Lipinski definition) is 3. The van der Waals surface area contributed by atoms with E-state index in [1.54, 1.807) is 11.3 Å². The minimum absolute atomic E-state index is 0. The summed E-state index contributed by atoms with van der Waals surface area (Å²) >= 11 is 1.80. The number of piperidine rings is 1. The molecule has 1 aromatic heterocycles. The Kier molecular flexibility index (Phi) is 7.42. The van der Waals surface area contributed by atoms with E-state index >= 15 is 0 Å². The van der Waals surface area contributed by atoms with E-state index in [1.165, 1.54) is 9.75 Å². The van der Waals surface area contributed by atoms with E-state index in [4.69, 9.17) is 0 Å². The van der Waals surface area contributed by atoms with Gasteiger partial charge in [-0.2, -0.15) is 0 Å². The number of rotatable bonds is 5. The second-order valence-corrected chi connectivity index (χ2v) is 6.15. The number of hydrogen-bond donors (Lipinski definition) is 2. The monoisotopic (exact) mass is 302 g/mol. The summed E-state index contributed by atoms with van der Waals surface area (Å²) in [7, 11) is 0. The van der Waals surface area contributed by atoms with Crippen LogP contribution in [-0.2, 0) is 17.8 Å². The molecule has 2 rings (SSSR count). The van der Waals surface area contributed by atoms with Gasteiger partial charge in [-0.1, -0.05) is 6.92 Å². The first-order valence-electron chi connectivity index (χ1n) is 6.83. The van der Waals surface area contributed by atoms with Crippen LogP contribution in [0.3, 0.4) is 0 Å². The van der Waals surface area contributed by atoms with Gasteiger partial charge in [-0.3, -0.25) is 4.79 Å². The Morgan fingerprint density at radius 2 is 2.05 bits per heavy atom. The summed E-state index contributed by atoms with van der Waals surface area (Å²) in [4.78, 5) is 14.5. The summed E-state index contributed by atoms with van der Waals surface area (Å²) in [5.41, 5.74) is 0. The van der Waals surface area contributed by atoms with Crippen molar-refractivity contribution < 1.29 is 4.79 Å². The lowest BCUT2D eigenvalue weighted by molar-refractivity contribution is -0.122. The predicted molar refractivity (Wildman–Crippen MR) is 83.0 cm³/mol. The standard InChI is InChI=1S/C14H22N2OS.ClH/c1-2-12-3-4-13(18-12)10-16-14(17)9-11-5-7-15-8-6-11;/h3-4,11,15H,2,5-10H2,1H3,(H,16,17);1H. The molecule has 0 radical (unpaired) electrons. The summed E-state index contributed by atoms with van der Waals surface area (Å²) in [6.45, 7) is 4.96. The Labute approximate surface area is 125 Å². The van der Waals surface area contributed by atoms with Gasteiger partial charge in [0.25, 0.3) is 0 Å². The molecule has 0 unspecified atom stereocenters. The lowest BCUT2D eigenvalue weighted by Crippen LogP contribution is -2.32. The Morgan fingerprint density at radius 3 is 2.68 bits per heavy atom. The van der Waals surface area contributed by atoms with Crippen LogP contribution in [0.4, 0.5) is 0 Å². The largest absolute Gasteiger partial charge is 0.351 e. The van der Waals surface area contributed by atoms with Crippen LogP contribution in [0.2, 0.25) is 0 Å². The van der Waals surface area contributed by atoms with E-state index in [9.17, 15) is 4.79 Å². The molecule has 5 heteroatoms. The van der Waals surface area contributed by atoms with Gasteiger partial charge in [-0.25, -0.2) is 0 Å². The first-order valence-corrected chi connectivity index (χ1v) is 7.64. The van der Waals surface area contributed by atoms with Crippen molar-refractivity contribution in [3.05, 3.63) is 21.9 Å². The van der Waals surface area contributed by atoms with E-state index in [0.29, 0.717) is 18.9 Å². The summed E-state index contributed by atoms with van der Waals surface area (Å²) in [5, 5.41) is 6.36. The van der Waals surface area contributed by atoms with Crippen molar-refractivity contribution in [1.29, 1.82) is 0 Å². The fourth-order valence-corrected chi connectivity index (χ4v) is 3.21. The van der Waals surface area contributed by atoms with Crippen LogP contribution in [0, 0.1) is 5.92 Å².